The van der Waals surface area contributed by atoms with E-state index in [1.54, 1.807) is 0 Å². The van der Waals surface area contributed by atoms with Crippen LogP contribution in [0.1, 0.15) is 38.1 Å². The first-order valence-electron chi connectivity index (χ1n) is 6.75. The van der Waals surface area contributed by atoms with Gasteiger partial charge in [0.25, 0.3) is 0 Å². The van der Waals surface area contributed by atoms with Crippen LogP contribution in [0.5, 0.6) is 0 Å². The van der Waals surface area contributed by atoms with E-state index >= 15 is 0 Å². The number of nitrogens with one attached hydrogen (secondary N) is 1. The van der Waals surface area contributed by atoms with Crippen LogP contribution in [0.15, 0.2) is 18.3 Å². The van der Waals surface area contributed by atoms with Crippen molar-refractivity contribution in [1.29, 1.82) is 0 Å². The minimum atomic E-state index is -4.85. The number of alkyl carbamates (subject to hydrolysis) is 1. The van der Waals surface area contributed by atoms with Crippen LogP contribution in [0.25, 0.3) is 0 Å². The lowest BCUT2D eigenvalue weighted by Crippen LogP contribution is -2.47. The number of alkyl halides is 3. The molecule has 0 aromatic carbocycles. The molecule has 1 aromatic heterocycles. The first-order chi connectivity index (χ1) is 10.8. The largest absolute Gasteiger partial charge is 0.480 e. The Morgan fingerprint density at radius 1 is 1.29 bits per heavy atom. The first kappa shape index (κ1) is 19.7. The number of carbonyl (C=O) groups is 2. The van der Waals surface area contributed by atoms with Crippen molar-refractivity contribution >= 4 is 12.1 Å². The van der Waals surface area contributed by atoms with Crippen molar-refractivity contribution in [3.05, 3.63) is 29.6 Å². The zero-order valence-corrected chi connectivity index (χ0v) is 13.1. The average molecular weight is 350 g/mol. The Kier molecular flexibility index (Phi) is 5.77. The van der Waals surface area contributed by atoms with Crippen molar-refractivity contribution in [2.24, 2.45) is 0 Å². The third-order valence-corrected chi connectivity index (χ3v) is 2.68. The highest BCUT2D eigenvalue weighted by Crippen LogP contribution is 2.34. The lowest BCUT2D eigenvalue weighted by molar-refractivity contribution is -0.145. The van der Waals surface area contributed by atoms with Crippen molar-refractivity contribution in [2.75, 3.05) is 0 Å². The van der Waals surface area contributed by atoms with Gasteiger partial charge in [-0.15, -0.1) is 0 Å². The van der Waals surface area contributed by atoms with E-state index in [2.05, 4.69) is 4.98 Å². The number of carboxylic acid groups (broad SMARTS) is 1. The van der Waals surface area contributed by atoms with Crippen LogP contribution in [0.4, 0.5) is 18.0 Å². The quantitative estimate of drug-likeness (QED) is 0.767. The van der Waals surface area contributed by atoms with E-state index < -0.39 is 47.2 Å². The molecule has 0 bridgehead atoms. The molecule has 10 heteroatoms. The van der Waals surface area contributed by atoms with E-state index in [0.717, 1.165) is 12.3 Å². The minimum Gasteiger partial charge on any atom is -0.480 e. The molecule has 0 spiro atoms. The second-order valence-corrected chi connectivity index (χ2v) is 5.84. The first-order valence-corrected chi connectivity index (χ1v) is 6.75. The Hall–Kier alpha value is -2.36. The topological polar surface area (TPSA) is 109 Å². The van der Waals surface area contributed by atoms with Crippen LogP contribution >= 0.6 is 0 Å². The number of rotatable bonds is 4. The molecule has 134 valence electrons. The highest BCUT2D eigenvalue weighted by Gasteiger charge is 2.40. The van der Waals surface area contributed by atoms with Gasteiger partial charge in [0, 0.05) is 6.20 Å². The smallest absolute Gasteiger partial charge is 0.418 e. The summed E-state index contributed by atoms with van der Waals surface area (Å²) in [5, 5.41) is 21.0. The highest BCUT2D eigenvalue weighted by atomic mass is 19.4. The molecular weight excluding hydrogens is 333 g/mol. The van der Waals surface area contributed by atoms with E-state index in [9.17, 15) is 27.9 Å². The molecule has 24 heavy (non-hydrogen) atoms. The van der Waals surface area contributed by atoms with Crippen LogP contribution in [-0.2, 0) is 15.7 Å². The lowest BCUT2D eigenvalue weighted by Gasteiger charge is -2.25. The fraction of sp³-hybridized carbons (Fsp3) is 0.500. The van der Waals surface area contributed by atoms with Gasteiger partial charge in [-0.05, 0) is 32.9 Å². The Balaban J connectivity index is 3.11. The minimum absolute atomic E-state index is 0.651. The Morgan fingerprint density at radius 3 is 2.33 bits per heavy atom. The van der Waals surface area contributed by atoms with Crippen molar-refractivity contribution in [2.45, 2.75) is 44.7 Å². The van der Waals surface area contributed by atoms with Crippen molar-refractivity contribution in [3.63, 3.8) is 0 Å². The molecule has 3 N–H and O–H groups in total. The zero-order valence-electron chi connectivity index (χ0n) is 13.1. The number of hydrogen-bond donors (Lipinski definition) is 3. The van der Waals surface area contributed by atoms with Gasteiger partial charge in [-0.2, -0.15) is 13.2 Å². The number of amides is 1. The summed E-state index contributed by atoms with van der Waals surface area (Å²) >= 11 is 0. The van der Waals surface area contributed by atoms with Gasteiger partial charge < -0.3 is 20.3 Å². The number of nitrogens with zero attached hydrogens (tertiary/aromatic N) is 1. The van der Waals surface area contributed by atoms with Crippen LogP contribution in [0.3, 0.4) is 0 Å². The standard InChI is InChI=1S/C14H17F3N2O5/c1-13(2,3)24-12(23)19-9(11(21)22)10(20)8-7(14(15,16)17)5-4-6-18-8/h4-6,9-10,20H,1-3H3,(H,19,23)(H,21,22)/t9-,10-/m1/s1. The van der Waals surface area contributed by atoms with Gasteiger partial charge in [-0.1, -0.05) is 0 Å². The summed E-state index contributed by atoms with van der Waals surface area (Å²) in [7, 11) is 0. The lowest BCUT2D eigenvalue weighted by atomic mass is 10.0. The summed E-state index contributed by atoms with van der Waals surface area (Å²) in [5.74, 6) is -1.74. The molecule has 0 saturated carbocycles. The Bertz CT molecular complexity index is 613. The maximum absolute atomic E-state index is 12.9. The molecule has 1 amide bonds. The van der Waals surface area contributed by atoms with Crippen molar-refractivity contribution in [3.8, 4) is 0 Å². The van der Waals surface area contributed by atoms with Crippen LogP contribution in [-0.4, -0.2) is 38.9 Å². The Labute approximate surface area is 135 Å². The van der Waals surface area contributed by atoms with E-state index in [1.807, 2.05) is 5.32 Å². The molecule has 0 aliphatic rings. The fourth-order valence-electron chi connectivity index (χ4n) is 1.76. The fourth-order valence-corrected chi connectivity index (χ4v) is 1.76. The summed E-state index contributed by atoms with van der Waals surface area (Å²) in [6.07, 6.45) is -7.30. The van der Waals surface area contributed by atoms with E-state index in [-0.39, 0.29) is 0 Å². The number of halogens is 3. The molecule has 2 atom stereocenters. The van der Waals surface area contributed by atoms with E-state index in [1.165, 1.54) is 20.8 Å². The highest BCUT2D eigenvalue weighted by molar-refractivity contribution is 5.80. The van der Waals surface area contributed by atoms with Crippen LogP contribution in [0.2, 0.25) is 0 Å². The molecule has 0 aliphatic heterocycles. The Morgan fingerprint density at radius 2 is 1.88 bits per heavy atom. The average Bonchev–Trinajstić information content (AvgIpc) is 2.41. The normalized spacial score (nSPS) is 14.6. The molecule has 0 saturated heterocycles. The SMILES string of the molecule is CC(C)(C)OC(=O)N[C@@H](C(=O)O)[C@H](O)c1ncccc1C(F)(F)F. The van der Waals surface area contributed by atoms with Gasteiger partial charge in [0.2, 0.25) is 0 Å². The van der Waals surface area contributed by atoms with E-state index in [0.29, 0.717) is 6.07 Å². The molecule has 1 rings (SSSR count). The van der Waals surface area contributed by atoms with Crippen molar-refractivity contribution in [1.82, 2.24) is 10.3 Å². The van der Waals surface area contributed by atoms with Gasteiger partial charge >= 0.3 is 18.2 Å². The number of aromatic nitrogens is 1. The third kappa shape index (κ3) is 5.37. The number of carbonyl (C=O) groups excluding carboxylic acids is 1. The number of carboxylic acids is 1. The van der Waals surface area contributed by atoms with Gasteiger partial charge in [-0.3, -0.25) is 4.98 Å². The predicted molar refractivity (Wildman–Crippen MR) is 75.0 cm³/mol. The molecule has 1 aromatic rings. The summed E-state index contributed by atoms with van der Waals surface area (Å²) in [6.45, 7) is 4.54. The molecular formula is C14H17F3N2O5. The molecule has 0 unspecified atom stereocenters. The molecule has 0 fully saturated rings. The van der Waals surface area contributed by atoms with Crippen molar-refractivity contribution < 1.29 is 37.7 Å². The van der Waals surface area contributed by atoms with Gasteiger partial charge in [0.15, 0.2) is 6.04 Å². The molecule has 7 nitrogen and oxygen atoms in total. The van der Waals surface area contributed by atoms with Gasteiger partial charge in [-0.25, -0.2) is 9.59 Å². The summed E-state index contributed by atoms with van der Waals surface area (Å²) in [5.41, 5.74) is -3.16. The molecule has 0 radical (unpaired) electrons. The second-order valence-electron chi connectivity index (χ2n) is 5.84. The van der Waals surface area contributed by atoms with Crippen LogP contribution in [0, 0.1) is 0 Å². The molecule has 0 aliphatic carbocycles. The number of aliphatic hydroxyl groups excluding tert-OH is 1. The summed E-state index contributed by atoms with van der Waals surface area (Å²) in [4.78, 5) is 26.3. The second kappa shape index (κ2) is 7.04. The maximum Gasteiger partial charge on any atom is 0.418 e. The zero-order chi connectivity index (χ0) is 18.7. The summed E-state index contributed by atoms with van der Waals surface area (Å²) in [6, 6.07) is -0.426. The monoisotopic (exact) mass is 350 g/mol. The number of hydrogen-bond acceptors (Lipinski definition) is 5. The number of aliphatic hydroxyl groups is 1. The predicted octanol–water partition coefficient (Wildman–Crippen LogP) is 2.11. The number of aliphatic carboxylic acids is 1. The number of ether oxygens (including phenoxy) is 1. The number of pyridine rings is 1. The maximum atomic E-state index is 12.9. The molecule has 1 heterocycles. The van der Waals surface area contributed by atoms with Crippen LogP contribution < -0.4 is 5.32 Å². The van der Waals surface area contributed by atoms with Gasteiger partial charge in [0.1, 0.15) is 11.7 Å². The van der Waals surface area contributed by atoms with Gasteiger partial charge in [0.05, 0.1) is 11.3 Å². The third-order valence-electron chi connectivity index (χ3n) is 2.68. The van der Waals surface area contributed by atoms with E-state index in [4.69, 9.17) is 9.84 Å². The summed E-state index contributed by atoms with van der Waals surface area (Å²) < 4.78 is 43.7.